The van der Waals surface area contributed by atoms with Crippen molar-refractivity contribution in [2.75, 3.05) is 0 Å². The molecule has 236 valence electrons. The van der Waals surface area contributed by atoms with Gasteiger partial charge < -0.3 is 4.57 Å². The maximum atomic E-state index is 2.59. The van der Waals surface area contributed by atoms with Gasteiger partial charge in [-0.25, -0.2) is 0 Å². The minimum atomic E-state index is 1.22. The van der Waals surface area contributed by atoms with Gasteiger partial charge in [-0.1, -0.05) is 182 Å². The van der Waals surface area contributed by atoms with E-state index in [1.54, 1.807) is 0 Å². The maximum absolute atomic E-state index is 2.59. The highest BCUT2D eigenvalue weighted by Crippen LogP contribution is 2.46. The van der Waals surface area contributed by atoms with Gasteiger partial charge in [-0.2, -0.15) is 0 Å². The van der Waals surface area contributed by atoms with E-state index in [1.807, 2.05) is 0 Å². The van der Waals surface area contributed by atoms with E-state index in [0.717, 1.165) is 0 Å². The first-order valence-electron chi connectivity index (χ1n) is 17.7. The smallest absolute Gasteiger partial charge is 0.0620 e. The maximum Gasteiger partial charge on any atom is 0.0620 e. The molecule has 0 amide bonds. The van der Waals surface area contributed by atoms with Gasteiger partial charge in [0.1, 0.15) is 0 Å². The van der Waals surface area contributed by atoms with Crippen LogP contribution in [0, 0.1) is 0 Å². The number of hydrogen-bond acceptors (Lipinski definition) is 0. The van der Waals surface area contributed by atoms with Crippen molar-refractivity contribution in [1.29, 1.82) is 0 Å². The predicted molar refractivity (Wildman–Crippen MR) is 219 cm³/mol. The van der Waals surface area contributed by atoms with Crippen molar-refractivity contribution in [3.05, 3.63) is 188 Å². The average Bonchev–Trinajstić information content (AvgIpc) is 3.55. The molecule has 0 radical (unpaired) electrons. The fourth-order valence-electron chi connectivity index (χ4n) is 8.62. The molecule has 0 aliphatic carbocycles. The van der Waals surface area contributed by atoms with Gasteiger partial charge in [0.2, 0.25) is 0 Å². The summed E-state index contributed by atoms with van der Waals surface area (Å²) in [5, 5.41) is 15.1. The van der Waals surface area contributed by atoms with Crippen molar-refractivity contribution in [2.45, 2.75) is 0 Å². The van der Waals surface area contributed by atoms with E-state index in [4.69, 9.17) is 0 Å². The van der Waals surface area contributed by atoms with E-state index in [0.29, 0.717) is 0 Å². The Morgan fingerprint density at radius 3 is 1.24 bits per heavy atom. The topological polar surface area (TPSA) is 4.93 Å². The number of hydrogen-bond donors (Lipinski definition) is 0. The summed E-state index contributed by atoms with van der Waals surface area (Å²) in [6.45, 7) is 0. The summed E-state index contributed by atoms with van der Waals surface area (Å²) >= 11 is 0. The van der Waals surface area contributed by atoms with E-state index >= 15 is 0 Å². The Hall–Kier alpha value is -6.70. The molecule has 0 aliphatic heterocycles. The SMILES string of the molecule is c1ccc2cc(-c3ccc(-c4c5ccccc5c(-n5c6c7ccccc7ccc6c6ccc7ccccc7c65)c5ccccc45)cc3)ccc2c1. The van der Waals surface area contributed by atoms with Gasteiger partial charge in [0, 0.05) is 32.3 Å². The van der Waals surface area contributed by atoms with Crippen molar-refractivity contribution >= 4 is 75.7 Å². The van der Waals surface area contributed by atoms with Crippen molar-refractivity contribution in [1.82, 2.24) is 4.57 Å². The molecule has 0 aliphatic rings. The molecule has 10 aromatic carbocycles. The summed E-state index contributed by atoms with van der Waals surface area (Å²) in [5.74, 6) is 0. The second-order valence-electron chi connectivity index (χ2n) is 13.7. The Bertz CT molecular complexity index is 3030. The average molecular weight is 646 g/mol. The lowest BCUT2D eigenvalue weighted by Crippen LogP contribution is -2.00. The van der Waals surface area contributed by atoms with Crippen LogP contribution in [0.25, 0.3) is 104 Å². The molecule has 0 bridgehead atoms. The number of rotatable bonds is 3. The van der Waals surface area contributed by atoms with Crippen LogP contribution in [0.15, 0.2) is 188 Å². The van der Waals surface area contributed by atoms with E-state index in [-0.39, 0.29) is 0 Å². The van der Waals surface area contributed by atoms with Gasteiger partial charge in [-0.15, -0.1) is 0 Å². The fourth-order valence-corrected chi connectivity index (χ4v) is 8.62. The van der Waals surface area contributed by atoms with E-state index in [2.05, 4.69) is 193 Å². The molecule has 1 aromatic heterocycles. The fraction of sp³-hybridized carbons (Fsp3) is 0. The molecule has 1 heteroatoms. The highest BCUT2D eigenvalue weighted by atomic mass is 15.0. The van der Waals surface area contributed by atoms with E-state index < -0.39 is 0 Å². The van der Waals surface area contributed by atoms with Crippen LogP contribution >= 0.6 is 0 Å². The Balaban J connectivity index is 1.24. The van der Waals surface area contributed by atoms with Crippen LogP contribution in [0.4, 0.5) is 0 Å². The first-order chi connectivity index (χ1) is 25.3. The van der Waals surface area contributed by atoms with Gasteiger partial charge in [-0.3, -0.25) is 0 Å². The van der Waals surface area contributed by atoms with Gasteiger partial charge in [0.25, 0.3) is 0 Å². The first-order valence-corrected chi connectivity index (χ1v) is 17.7. The normalized spacial score (nSPS) is 11.9. The molecule has 0 unspecified atom stereocenters. The zero-order valence-electron chi connectivity index (χ0n) is 27.8. The summed E-state index contributed by atoms with van der Waals surface area (Å²) in [5.41, 5.74) is 8.67. The zero-order chi connectivity index (χ0) is 33.5. The standard InChI is InChI=1S/C50H31N/c1-2-14-37-31-38(26-23-32(37)11-1)33-21-24-36(25-22-33)47-41-17-7-9-19-43(41)50(44-20-10-8-18-42(44)47)51-48-39-15-5-3-12-34(39)27-29-45(48)46-30-28-35-13-4-6-16-40(35)49(46)51/h1-31H. The molecule has 11 rings (SSSR count). The molecule has 51 heavy (non-hydrogen) atoms. The molecule has 1 heterocycles. The molecule has 0 spiro atoms. The number of nitrogens with zero attached hydrogens (tertiary/aromatic N) is 1. The zero-order valence-corrected chi connectivity index (χ0v) is 27.8. The van der Waals surface area contributed by atoms with Gasteiger partial charge >= 0.3 is 0 Å². The van der Waals surface area contributed by atoms with Crippen molar-refractivity contribution in [2.24, 2.45) is 0 Å². The summed E-state index contributed by atoms with van der Waals surface area (Å²) in [7, 11) is 0. The summed E-state index contributed by atoms with van der Waals surface area (Å²) < 4.78 is 2.59. The van der Waals surface area contributed by atoms with Crippen LogP contribution < -0.4 is 0 Å². The predicted octanol–water partition coefficient (Wildman–Crippen LogP) is 13.9. The van der Waals surface area contributed by atoms with Crippen LogP contribution in [0.3, 0.4) is 0 Å². The lowest BCUT2D eigenvalue weighted by atomic mass is 9.89. The van der Waals surface area contributed by atoms with Crippen LogP contribution in [-0.4, -0.2) is 4.57 Å². The van der Waals surface area contributed by atoms with Crippen molar-refractivity contribution < 1.29 is 0 Å². The number of fused-ring (bicyclic) bond motifs is 10. The third-order valence-corrected chi connectivity index (χ3v) is 10.9. The Morgan fingerprint density at radius 2 is 0.667 bits per heavy atom. The van der Waals surface area contributed by atoms with Gasteiger partial charge in [-0.05, 0) is 60.6 Å². The Kier molecular flexibility index (Phi) is 6.02. The summed E-state index contributed by atoms with van der Waals surface area (Å²) in [6, 6.07) is 69.3. The minimum absolute atomic E-state index is 1.22. The minimum Gasteiger partial charge on any atom is -0.307 e. The second-order valence-corrected chi connectivity index (χ2v) is 13.7. The van der Waals surface area contributed by atoms with Crippen LogP contribution in [0.2, 0.25) is 0 Å². The van der Waals surface area contributed by atoms with E-state index in [9.17, 15) is 0 Å². The molecule has 1 nitrogen and oxygen atoms in total. The largest absolute Gasteiger partial charge is 0.307 e. The van der Waals surface area contributed by atoms with E-state index in [1.165, 1.54) is 104 Å². The lowest BCUT2D eigenvalue weighted by molar-refractivity contribution is 1.23. The lowest BCUT2D eigenvalue weighted by Gasteiger charge is -2.20. The Morgan fingerprint density at radius 1 is 0.255 bits per heavy atom. The van der Waals surface area contributed by atoms with Gasteiger partial charge in [0.05, 0.1) is 16.7 Å². The van der Waals surface area contributed by atoms with Crippen molar-refractivity contribution in [3.63, 3.8) is 0 Å². The highest BCUT2D eigenvalue weighted by molar-refractivity contribution is 6.27. The molecular formula is C50H31N. The van der Waals surface area contributed by atoms with Crippen LogP contribution in [-0.2, 0) is 0 Å². The molecule has 0 atom stereocenters. The number of aromatic nitrogens is 1. The third-order valence-electron chi connectivity index (χ3n) is 10.9. The molecule has 11 aromatic rings. The molecule has 0 saturated heterocycles. The second kappa shape index (κ2) is 10.9. The summed E-state index contributed by atoms with van der Waals surface area (Å²) in [4.78, 5) is 0. The van der Waals surface area contributed by atoms with Crippen LogP contribution in [0.1, 0.15) is 0 Å². The molecule has 0 fully saturated rings. The molecular weight excluding hydrogens is 615 g/mol. The van der Waals surface area contributed by atoms with Crippen molar-refractivity contribution in [3.8, 4) is 27.9 Å². The number of benzene rings is 10. The highest BCUT2D eigenvalue weighted by Gasteiger charge is 2.22. The first kappa shape index (κ1) is 28.2. The quantitative estimate of drug-likeness (QED) is 0.169. The molecule has 0 saturated carbocycles. The summed E-state index contributed by atoms with van der Waals surface area (Å²) in [6.07, 6.45) is 0. The van der Waals surface area contributed by atoms with Gasteiger partial charge in [0.15, 0.2) is 0 Å². The third kappa shape index (κ3) is 4.16. The molecule has 0 N–H and O–H groups in total. The van der Waals surface area contributed by atoms with Crippen LogP contribution in [0.5, 0.6) is 0 Å². The Labute approximate surface area is 295 Å². The monoisotopic (exact) mass is 645 g/mol.